The van der Waals surface area contributed by atoms with Crippen molar-refractivity contribution in [1.29, 1.82) is 0 Å². The third-order valence-corrected chi connectivity index (χ3v) is 4.80. The van der Waals surface area contributed by atoms with Gasteiger partial charge >= 0.3 is 5.97 Å². The summed E-state index contributed by atoms with van der Waals surface area (Å²) in [7, 11) is -3.61. The maximum atomic E-state index is 12.2. The van der Waals surface area contributed by atoms with Crippen molar-refractivity contribution in [1.82, 2.24) is 4.72 Å². The van der Waals surface area contributed by atoms with Gasteiger partial charge in [-0.1, -0.05) is 11.6 Å². The summed E-state index contributed by atoms with van der Waals surface area (Å²) in [5.41, 5.74) is 0.572. The first-order valence-corrected chi connectivity index (χ1v) is 8.09. The summed E-state index contributed by atoms with van der Waals surface area (Å²) in [6, 6.07) is 4.25. The predicted molar refractivity (Wildman–Crippen MR) is 77.5 cm³/mol. The molecular weight excluding hydrogens is 302 g/mol. The second-order valence-corrected chi connectivity index (χ2v) is 6.84. The van der Waals surface area contributed by atoms with Crippen molar-refractivity contribution in [3.8, 4) is 0 Å². The fourth-order valence-corrected chi connectivity index (χ4v) is 3.59. The molecule has 0 fully saturated rings. The molecule has 0 amide bonds. The van der Waals surface area contributed by atoms with Gasteiger partial charge in [0.25, 0.3) is 0 Å². The molecule has 0 bridgehead atoms. The molecule has 0 saturated heterocycles. The number of hydrogen-bond acceptors (Lipinski definition) is 3. The molecule has 1 aromatic rings. The minimum Gasteiger partial charge on any atom is -0.481 e. The Balaban J connectivity index is 2.72. The topological polar surface area (TPSA) is 83.5 Å². The number of halogens is 1. The summed E-state index contributed by atoms with van der Waals surface area (Å²) in [6.07, 6.45) is 0.933. The first-order chi connectivity index (χ1) is 9.22. The fourth-order valence-electron chi connectivity index (χ4n) is 1.86. The maximum absolute atomic E-state index is 12.2. The van der Waals surface area contributed by atoms with E-state index < -0.39 is 16.0 Å². The highest BCUT2D eigenvalue weighted by atomic mass is 35.5. The highest BCUT2D eigenvalue weighted by Gasteiger charge is 2.19. The second-order valence-electron chi connectivity index (χ2n) is 4.72. The maximum Gasteiger partial charge on any atom is 0.303 e. The number of sulfonamides is 1. The van der Waals surface area contributed by atoms with E-state index in [0.717, 1.165) is 0 Å². The van der Waals surface area contributed by atoms with Crippen LogP contribution in [0, 0.1) is 6.92 Å². The number of benzene rings is 1. The van der Waals surface area contributed by atoms with E-state index in [1.807, 2.05) is 0 Å². The monoisotopic (exact) mass is 319 g/mol. The average Bonchev–Trinajstić information content (AvgIpc) is 2.26. The fraction of sp³-hybridized carbons (Fsp3) is 0.462. The van der Waals surface area contributed by atoms with Gasteiger partial charge in [0.05, 0.1) is 4.90 Å². The first kappa shape index (κ1) is 16.9. The van der Waals surface area contributed by atoms with Crippen LogP contribution in [-0.2, 0) is 14.8 Å². The van der Waals surface area contributed by atoms with Crippen LogP contribution in [0.4, 0.5) is 0 Å². The zero-order valence-corrected chi connectivity index (χ0v) is 13.0. The highest BCUT2D eigenvalue weighted by molar-refractivity contribution is 7.89. The van der Waals surface area contributed by atoms with E-state index in [0.29, 0.717) is 23.4 Å². The van der Waals surface area contributed by atoms with E-state index in [1.165, 1.54) is 12.1 Å². The minimum atomic E-state index is -3.61. The van der Waals surface area contributed by atoms with Gasteiger partial charge in [0.15, 0.2) is 0 Å². The predicted octanol–water partition coefficient (Wildman–Crippen LogP) is 2.57. The van der Waals surface area contributed by atoms with Crippen molar-refractivity contribution in [2.75, 3.05) is 0 Å². The van der Waals surface area contributed by atoms with Crippen molar-refractivity contribution < 1.29 is 18.3 Å². The van der Waals surface area contributed by atoms with Gasteiger partial charge in [0.2, 0.25) is 10.0 Å². The molecule has 1 atom stereocenters. The number of carboxylic acids is 1. The van der Waals surface area contributed by atoms with Crippen LogP contribution in [0.5, 0.6) is 0 Å². The summed E-state index contributed by atoms with van der Waals surface area (Å²) < 4.78 is 26.9. The van der Waals surface area contributed by atoms with Gasteiger partial charge in [-0.15, -0.1) is 0 Å². The molecule has 0 spiro atoms. The Hall–Kier alpha value is -1.11. The largest absolute Gasteiger partial charge is 0.481 e. The highest BCUT2D eigenvalue weighted by Crippen LogP contribution is 2.20. The van der Waals surface area contributed by atoms with Crippen LogP contribution in [0.25, 0.3) is 0 Å². The summed E-state index contributed by atoms with van der Waals surface area (Å²) in [5.74, 6) is -0.881. The van der Waals surface area contributed by atoms with Crippen molar-refractivity contribution in [3.05, 3.63) is 28.8 Å². The lowest BCUT2D eigenvalue weighted by Gasteiger charge is -2.15. The van der Waals surface area contributed by atoms with Crippen LogP contribution >= 0.6 is 11.6 Å². The van der Waals surface area contributed by atoms with Gasteiger partial charge in [0.1, 0.15) is 0 Å². The number of aryl methyl sites for hydroxylation is 1. The van der Waals surface area contributed by atoms with Crippen molar-refractivity contribution in [2.24, 2.45) is 0 Å². The lowest BCUT2D eigenvalue weighted by Crippen LogP contribution is -2.33. The zero-order valence-electron chi connectivity index (χ0n) is 11.4. The quantitative estimate of drug-likeness (QED) is 0.809. The smallest absolute Gasteiger partial charge is 0.303 e. The Bertz CT molecular complexity index is 586. The molecule has 20 heavy (non-hydrogen) atoms. The molecule has 0 radical (unpaired) electrons. The molecular formula is C13H18ClNO4S. The molecule has 0 aliphatic carbocycles. The van der Waals surface area contributed by atoms with Gasteiger partial charge in [-0.2, -0.15) is 0 Å². The normalized spacial score (nSPS) is 13.2. The molecule has 1 rings (SSSR count). The van der Waals surface area contributed by atoms with Gasteiger partial charge in [-0.25, -0.2) is 13.1 Å². The SMILES string of the molecule is Cc1cc(Cl)ccc1S(=O)(=O)NC(C)CCCC(=O)O. The van der Waals surface area contributed by atoms with E-state index >= 15 is 0 Å². The van der Waals surface area contributed by atoms with E-state index in [2.05, 4.69) is 4.72 Å². The Morgan fingerprint density at radius 1 is 1.45 bits per heavy atom. The van der Waals surface area contributed by atoms with E-state index in [-0.39, 0.29) is 17.4 Å². The molecule has 1 unspecified atom stereocenters. The average molecular weight is 320 g/mol. The third-order valence-electron chi connectivity index (χ3n) is 2.81. The van der Waals surface area contributed by atoms with E-state index in [9.17, 15) is 13.2 Å². The molecule has 0 aromatic heterocycles. The van der Waals surface area contributed by atoms with Crippen LogP contribution in [0.2, 0.25) is 5.02 Å². The van der Waals surface area contributed by atoms with Crippen molar-refractivity contribution >= 4 is 27.6 Å². The van der Waals surface area contributed by atoms with Crippen LogP contribution in [0.3, 0.4) is 0 Å². The number of carbonyl (C=O) groups is 1. The molecule has 1 aromatic carbocycles. The molecule has 2 N–H and O–H groups in total. The summed E-state index contributed by atoms with van der Waals surface area (Å²) in [5, 5.41) is 9.03. The van der Waals surface area contributed by atoms with Crippen LogP contribution in [-0.4, -0.2) is 25.5 Å². The van der Waals surface area contributed by atoms with Gasteiger partial charge in [0, 0.05) is 17.5 Å². The lowest BCUT2D eigenvalue weighted by molar-refractivity contribution is -0.137. The van der Waals surface area contributed by atoms with Crippen molar-refractivity contribution in [2.45, 2.75) is 44.0 Å². The third kappa shape index (κ3) is 5.11. The molecule has 0 aliphatic heterocycles. The van der Waals surface area contributed by atoms with Crippen molar-refractivity contribution in [3.63, 3.8) is 0 Å². The molecule has 112 valence electrons. The Kier molecular flexibility index (Phi) is 5.98. The zero-order chi connectivity index (χ0) is 15.3. The number of aliphatic carboxylic acids is 1. The van der Waals surface area contributed by atoms with Gasteiger partial charge in [-0.05, 0) is 50.5 Å². The summed E-state index contributed by atoms with van der Waals surface area (Å²) in [4.78, 5) is 10.6. The summed E-state index contributed by atoms with van der Waals surface area (Å²) >= 11 is 5.80. The first-order valence-electron chi connectivity index (χ1n) is 6.22. The van der Waals surface area contributed by atoms with Crippen LogP contribution in [0.1, 0.15) is 31.7 Å². The Morgan fingerprint density at radius 3 is 2.65 bits per heavy atom. The molecule has 0 saturated carbocycles. The number of rotatable bonds is 7. The number of hydrogen-bond donors (Lipinski definition) is 2. The standard InChI is InChI=1S/C13H18ClNO4S/c1-9-8-11(14)6-7-12(9)20(18,19)15-10(2)4-3-5-13(16)17/h6-8,10,15H,3-5H2,1-2H3,(H,16,17). The minimum absolute atomic E-state index is 0.0338. The molecule has 7 heteroatoms. The Morgan fingerprint density at radius 2 is 2.10 bits per heavy atom. The summed E-state index contributed by atoms with van der Waals surface area (Å²) in [6.45, 7) is 3.39. The molecule has 0 aliphatic rings. The van der Waals surface area contributed by atoms with E-state index in [4.69, 9.17) is 16.7 Å². The van der Waals surface area contributed by atoms with Gasteiger partial charge in [-0.3, -0.25) is 4.79 Å². The second kappa shape index (κ2) is 7.06. The van der Waals surface area contributed by atoms with Crippen LogP contribution < -0.4 is 4.72 Å². The Labute approximate surface area is 124 Å². The lowest BCUT2D eigenvalue weighted by atomic mass is 10.1. The molecule has 5 nitrogen and oxygen atoms in total. The van der Waals surface area contributed by atoms with Crippen LogP contribution in [0.15, 0.2) is 23.1 Å². The van der Waals surface area contributed by atoms with Gasteiger partial charge < -0.3 is 5.11 Å². The number of carboxylic acid groups (broad SMARTS) is 1. The number of nitrogens with one attached hydrogen (secondary N) is 1. The van der Waals surface area contributed by atoms with E-state index in [1.54, 1.807) is 19.9 Å². The molecule has 0 heterocycles.